The molecule has 146 valence electrons. The van der Waals surface area contributed by atoms with Crippen molar-refractivity contribution in [2.75, 3.05) is 51.3 Å². The third-order valence-corrected chi connectivity index (χ3v) is 5.29. The Labute approximate surface area is 157 Å². The second-order valence-corrected chi connectivity index (χ2v) is 7.61. The van der Waals surface area contributed by atoms with Crippen LogP contribution in [-0.4, -0.2) is 72.8 Å². The zero-order valence-electron chi connectivity index (χ0n) is 15.4. The number of thiazole rings is 1. The monoisotopic (exact) mass is 384 g/mol. The molecule has 1 saturated heterocycles. The molecule has 0 radical (unpaired) electrons. The molecule has 1 aliphatic heterocycles. The lowest BCUT2D eigenvalue weighted by molar-refractivity contribution is -0.128. The van der Waals surface area contributed by atoms with Gasteiger partial charge in [-0.15, -0.1) is 11.3 Å². The Kier molecular flexibility index (Phi) is 8.43. The highest BCUT2D eigenvalue weighted by Gasteiger charge is 2.26. The number of piperidine rings is 1. The number of likely N-dealkylation sites (tertiary alicyclic amines) is 1. The molecule has 1 aliphatic rings. The normalized spacial score (nSPS) is 17.9. The van der Waals surface area contributed by atoms with Gasteiger partial charge in [-0.05, 0) is 33.2 Å². The summed E-state index contributed by atoms with van der Waals surface area (Å²) in [5, 5.41) is 14.9. The van der Waals surface area contributed by atoms with E-state index in [0.717, 1.165) is 30.0 Å². The van der Waals surface area contributed by atoms with E-state index in [2.05, 4.69) is 15.6 Å². The molecule has 1 fully saturated rings. The van der Waals surface area contributed by atoms with Crippen LogP contribution in [0.1, 0.15) is 23.4 Å². The van der Waals surface area contributed by atoms with Crippen LogP contribution in [0.3, 0.4) is 0 Å². The van der Waals surface area contributed by atoms with Crippen molar-refractivity contribution in [3.63, 3.8) is 0 Å². The molecule has 2 rings (SSSR count). The molecule has 2 amide bonds. The number of nitrogens with one attached hydrogen (secondary N) is 2. The Morgan fingerprint density at radius 3 is 2.88 bits per heavy atom. The van der Waals surface area contributed by atoms with E-state index in [1.165, 1.54) is 11.3 Å². The molecule has 0 saturated carbocycles. The minimum atomic E-state index is -0.112. The summed E-state index contributed by atoms with van der Waals surface area (Å²) in [5.41, 5.74) is 0.933. The number of carbonyl (C=O) groups is 2. The fourth-order valence-corrected chi connectivity index (χ4v) is 3.69. The van der Waals surface area contributed by atoms with Gasteiger partial charge in [-0.25, -0.2) is 4.98 Å². The maximum absolute atomic E-state index is 12.2. The summed E-state index contributed by atoms with van der Waals surface area (Å²) in [4.78, 5) is 31.9. The number of hydrogen-bond acceptors (Lipinski definition) is 7. The molecular weight excluding hydrogens is 356 g/mol. The molecule has 1 unspecified atom stereocenters. The van der Waals surface area contributed by atoms with Crippen molar-refractivity contribution < 1.29 is 19.4 Å². The van der Waals surface area contributed by atoms with Crippen molar-refractivity contribution in [1.82, 2.24) is 15.2 Å². The standard InChI is InChI=1S/C17H28N4O4S/c1-12-13(2)26-17(19-12)20-15(23)11-21-6-3-4-14(10-21)16(24)18-5-8-25-9-7-22/h14,22H,3-11H2,1-2H3,(H,18,24)(H,19,20,23). The lowest BCUT2D eigenvalue weighted by atomic mass is 9.97. The van der Waals surface area contributed by atoms with Gasteiger partial charge in [0.05, 0.1) is 38.0 Å². The van der Waals surface area contributed by atoms with Gasteiger partial charge in [0.15, 0.2) is 5.13 Å². The number of nitrogens with zero attached hydrogens (tertiary/aromatic N) is 2. The average Bonchev–Trinajstić information content (AvgIpc) is 2.92. The Hall–Kier alpha value is -1.55. The van der Waals surface area contributed by atoms with Crippen molar-refractivity contribution in [1.29, 1.82) is 0 Å². The molecule has 0 bridgehead atoms. The molecule has 1 aromatic rings. The van der Waals surface area contributed by atoms with Crippen molar-refractivity contribution in [2.24, 2.45) is 5.92 Å². The van der Waals surface area contributed by atoms with Crippen LogP contribution < -0.4 is 10.6 Å². The van der Waals surface area contributed by atoms with E-state index in [9.17, 15) is 9.59 Å². The maximum atomic E-state index is 12.2. The number of aliphatic hydroxyl groups is 1. The largest absolute Gasteiger partial charge is 0.394 e. The van der Waals surface area contributed by atoms with Crippen molar-refractivity contribution >= 4 is 28.3 Å². The van der Waals surface area contributed by atoms with E-state index < -0.39 is 0 Å². The molecule has 9 heteroatoms. The van der Waals surface area contributed by atoms with Gasteiger partial charge in [-0.2, -0.15) is 0 Å². The predicted molar refractivity (Wildman–Crippen MR) is 100 cm³/mol. The SMILES string of the molecule is Cc1nc(NC(=O)CN2CCCC(C(=O)NCCOCCO)C2)sc1C. The summed E-state index contributed by atoms with van der Waals surface area (Å²) in [6, 6.07) is 0. The highest BCUT2D eigenvalue weighted by atomic mass is 32.1. The zero-order valence-corrected chi connectivity index (χ0v) is 16.2. The minimum absolute atomic E-state index is 0.00567. The van der Waals surface area contributed by atoms with Gasteiger partial charge in [0.25, 0.3) is 0 Å². The summed E-state index contributed by atoms with van der Waals surface area (Å²) < 4.78 is 5.13. The first-order chi connectivity index (χ1) is 12.5. The van der Waals surface area contributed by atoms with E-state index in [0.29, 0.717) is 24.8 Å². The van der Waals surface area contributed by atoms with Crippen molar-refractivity contribution in [3.8, 4) is 0 Å². The van der Waals surface area contributed by atoms with Crippen LogP contribution in [-0.2, 0) is 14.3 Å². The van der Waals surface area contributed by atoms with Crippen LogP contribution in [0.15, 0.2) is 0 Å². The predicted octanol–water partition coefficient (Wildman–Crippen LogP) is 0.536. The van der Waals surface area contributed by atoms with E-state index >= 15 is 0 Å². The van der Waals surface area contributed by atoms with Gasteiger partial charge in [-0.3, -0.25) is 14.5 Å². The maximum Gasteiger partial charge on any atom is 0.240 e. The third-order valence-electron chi connectivity index (χ3n) is 4.30. The zero-order chi connectivity index (χ0) is 18.9. The average molecular weight is 385 g/mol. The van der Waals surface area contributed by atoms with Gasteiger partial charge in [0.1, 0.15) is 0 Å². The summed E-state index contributed by atoms with van der Waals surface area (Å²) >= 11 is 1.47. The van der Waals surface area contributed by atoms with Crippen LogP contribution >= 0.6 is 11.3 Å². The first kappa shape index (κ1) is 20.8. The highest BCUT2D eigenvalue weighted by molar-refractivity contribution is 7.15. The molecule has 1 atom stereocenters. The smallest absolute Gasteiger partial charge is 0.240 e. The first-order valence-corrected chi connectivity index (χ1v) is 9.73. The van der Waals surface area contributed by atoms with E-state index in [1.807, 2.05) is 18.7 Å². The summed E-state index contributed by atoms with van der Waals surface area (Å²) in [6.07, 6.45) is 1.72. The Morgan fingerprint density at radius 1 is 1.38 bits per heavy atom. The fourth-order valence-electron chi connectivity index (χ4n) is 2.86. The number of aliphatic hydroxyl groups excluding tert-OH is 1. The Morgan fingerprint density at radius 2 is 2.19 bits per heavy atom. The van der Waals surface area contributed by atoms with Crippen LogP contribution in [0.4, 0.5) is 5.13 Å². The van der Waals surface area contributed by atoms with Crippen LogP contribution in [0.5, 0.6) is 0 Å². The Bertz CT molecular complexity index is 588. The lowest BCUT2D eigenvalue weighted by Crippen LogP contribution is -2.46. The topological polar surface area (TPSA) is 104 Å². The molecule has 0 aliphatic carbocycles. The number of ether oxygens (including phenoxy) is 1. The summed E-state index contributed by atoms with van der Waals surface area (Å²) in [5.74, 6) is -0.218. The minimum Gasteiger partial charge on any atom is -0.394 e. The number of amides is 2. The van der Waals surface area contributed by atoms with Gasteiger partial charge in [0.2, 0.25) is 11.8 Å². The second-order valence-electron chi connectivity index (χ2n) is 6.41. The summed E-state index contributed by atoms with van der Waals surface area (Å²) in [7, 11) is 0. The third kappa shape index (κ3) is 6.64. The van der Waals surface area contributed by atoms with Crippen LogP contribution in [0.2, 0.25) is 0 Å². The molecule has 26 heavy (non-hydrogen) atoms. The number of carbonyl (C=O) groups excluding carboxylic acids is 2. The van der Waals surface area contributed by atoms with E-state index in [1.54, 1.807) is 0 Å². The molecular formula is C17H28N4O4S. The number of aromatic nitrogens is 1. The van der Waals surface area contributed by atoms with Crippen LogP contribution in [0.25, 0.3) is 0 Å². The van der Waals surface area contributed by atoms with Gasteiger partial charge < -0.3 is 20.5 Å². The van der Waals surface area contributed by atoms with E-state index in [4.69, 9.17) is 9.84 Å². The lowest BCUT2D eigenvalue weighted by Gasteiger charge is -2.31. The molecule has 3 N–H and O–H groups in total. The molecule has 2 heterocycles. The van der Waals surface area contributed by atoms with Crippen molar-refractivity contribution in [2.45, 2.75) is 26.7 Å². The highest BCUT2D eigenvalue weighted by Crippen LogP contribution is 2.21. The van der Waals surface area contributed by atoms with Gasteiger partial charge >= 0.3 is 0 Å². The number of rotatable bonds is 9. The molecule has 1 aromatic heterocycles. The number of anilines is 1. The van der Waals surface area contributed by atoms with E-state index in [-0.39, 0.29) is 37.5 Å². The molecule has 0 aromatic carbocycles. The van der Waals surface area contributed by atoms with Gasteiger partial charge in [0, 0.05) is 18.0 Å². The quantitative estimate of drug-likeness (QED) is 0.537. The second kappa shape index (κ2) is 10.6. The summed E-state index contributed by atoms with van der Waals surface area (Å²) in [6.45, 7) is 6.63. The first-order valence-electron chi connectivity index (χ1n) is 8.92. The van der Waals surface area contributed by atoms with Crippen molar-refractivity contribution in [3.05, 3.63) is 10.6 Å². The molecule has 0 spiro atoms. The fraction of sp³-hybridized carbons (Fsp3) is 0.706. The Balaban J connectivity index is 1.73. The molecule has 8 nitrogen and oxygen atoms in total. The number of hydrogen-bond donors (Lipinski definition) is 3. The number of aryl methyl sites for hydroxylation is 2. The van der Waals surface area contributed by atoms with Gasteiger partial charge in [-0.1, -0.05) is 0 Å². The van der Waals surface area contributed by atoms with Crippen LogP contribution in [0, 0.1) is 19.8 Å².